The van der Waals surface area contributed by atoms with Crippen molar-refractivity contribution in [1.29, 1.82) is 0 Å². The topological polar surface area (TPSA) is 98.5 Å². The lowest BCUT2D eigenvalue weighted by Gasteiger charge is -2.09. The first-order chi connectivity index (χ1) is 12.3. The number of hydrogen-bond acceptors (Lipinski definition) is 5. The Kier molecular flexibility index (Phi) is 6.46. The fourth-order valence-corrected chi connectivity index (χ4v) is 2.59. The quantitative estimate of drug-likeness (QED) is 0.427. The van der Waals surface area contributed by atoms with Crippen LogP contribution in [-0.4, -0.2) is 23.4 Å². The van der Waals surface area contributed by atoms with Crippen molar-refractivity contribution in [2.45, 2.75) is 19.8 Å². The molecule has 136 valence electrons. The second-order valence-corrected chi connectivity index (χ2v) is 6.68. The third-order valence-electron chi connectivity index (χ3n) is 3.58. The van der Waals surface area contributed by atoms with Crippen LogP contribution in [0.4, 0.5) is 11.4 Å². The summed E-state index contributed by atoms with van der Waals surface area (Å²) >= 11 is 3.15. The van der Waals surface area contributed by atoms with Crippen molar-refractivity contribution in [2.24, 2.45) is 0 Å². The standard InChI is InChI=1S/C18H17BrN2O5/c1-11(2)12-3-5-13(6-4-12)18(23)26-10-17(22)20-16-8-7-14(21(24)25)9-15(16)19/h3-9,11H,10H2,1-2H3,(H,20,22). The van der Waals surface area contributed by atoms with E-state index in [0.29, 0.717) is 21.6 Å². The number of halogens is 1. The zero-order valence-corrected chi connectivity index (χ0v) is 15.8. The lowest BCUT2D eigenvalue weighted by Crippen LogP contribution is -2.21. The summed E-state index contributed by atoms with van der Waals surface area (Å²) in [7, 11) is 0. The molecule has 0 radical (unpaired) electrons. The van der Waals surface area contributed by atoms with E-state index in [9.17, 15) is 19.7 Å². The predicted octanol–water partition coefficient (Wildman–Crippen LogP) is 4.28. The first-order valence-electron chi connectivity index (χ1n) is 7.79. The van der Waals surface area contributed by atoms with Crippen LogP contribution in [0, 0.1) is 10.1 Å². The average Bonchev–Trinajstić information content (AvgIpc) is 2.61. The van der Waals surface area contributed by atoms with E-state index in [0.717, 1.165) is 5.56 Å². The molecular formula is C18H17BrN2O5. The Hall–Kier alpha value is -2.74. The van der Waals surface area contributed by atoms with E-state index in [1.165, 1.54) is 18.2 Å². The van der Waals surface area contributed by atoms with E-state index in [2.05, 4.69) is 21.2 Å². The molecule has 2 aromatic carbocycles. The van der Waals surface area contributed by atoms with E-state index >= 15 is 0 Å². The summed E-state index contributed by atoms with van der Waals surface area (Å²) in [6, 6.07) is 10.9. The summed E-state index contributed by atoms with van der Waals surface area (Å²) in [4.78, 5) is 34.1. The van der Waals surface area contributed by atoms with Crippen molar-refractivity contribution >= 4 is 39.2 Å². The van der Waals surface area contributed by atoms with Crippen molar-refractivity contribution in [3.63, 3.8) is 0 Å². The van der Waals surface area contributed by atoms with Gasteiger partial charge in [-0.1, -0.05) is 26.0 Å². The highest BCUT2D eigenvalue weighted by atomic mass is 79.9. The molecule has 0 saturated heterocycles. The van der Waals surface area contributed by atoms with E-state index < -0.39 is 23.4 Å². The van der Waals surface area contributed by atoms with Crippen LogP contribution in [0.25, 0.3) is 0 Å². The molecule has 0 aliphatic carbocycles. The largest absolute Gasteiger partial charge is 0.452 e. The first kappa shape index (κ1) is 19.6. The number of non-ortho nitro benzene ring substituents is 1. The number of carbonyl (C=O) groups excluding carboxylic acids is 2. The molecule has 1 amide bonds. The van der Waals surface area contributed by atoms with Crippen LogP contribution in [0.2, 0.25) is 0 Å². The van der Waals surface area contributed by atoms with E-state index in [1.54, 1.807) is 12.1 Å². The van der Waals surface area contributed by atoms with Gasteiger partial charge in [0.2, 0.25) is 0 Å². The minimum atomic E-state index is -0.599. The van der Waals surface area contributed by atoms with Gasteiger partial charge in [-0.2, -0.15) is 0 Å². The van der Waals surface area contributed by atoms with Gasteiger partial charge in [-0.05, 0) is 45.6 Å². The van der Waals surface area contributed by atoms with Gasteiger partial charge >= 0.3 is 5.97 Å². The number of benzene rings is 2. The average molecular weight is 421 g/mol. The van der Waals surface area contributed by atoms with Gasteiger partial charge in [0.15, 0.2) is 6.61 Å². The molecule has 1 N–H and O–H groups in total. The summed E-state index contributed by atoms with van der Waals surface area (Å²) in [6.45, 7) is 3.64. The van der Waals surface area contributed by atoms with Crippen LogP contribution in [-0.2, 0) is 9.53 Å². The highest BCUT2D eigenvalue weighted by Gasteiger charge is 2.14. The number of nitrogens with one attached hydrogen (secondary N) is 1. The Balaban J connectivity index is 1.92. The molecule has 2 rings (SSSR count). The van der Waals surface area contributed by atoms with Crippen molar-refractivity contribution in [3.05, 3.63) is 68.2 Å². The number of nitrogens with zero attached hydrogens (tertiary/aromatic N) is 1. The minimum absolute atomic E-state index is 0.105. The lowest BCUT2D eigenvalue weighted by molar-refractivity contribution is -0.384. The Morgan fingerprint density at radius 1 is 1.19 bits per heavy atom. The molecule has 0 saturated carbocycles. The molecule has 0 heterocycles. The number of nitro benzene ring substituents is 1. The molecule has 0 atom stereocenters. The monoisotopic (exact) mass is 420 g/mol. The second kappa shape index (κ2) is 8.57. The summed E-state index contributed by atoms with van der Waals surface area (Å²) in [5.41, 5.74) is 1.70. The molecule has 0 aromatic heterocycles. The van der Waals surface area contributed by atoms with Crippen molar-refractivity contribution < 1.29 is 19.2 Å². The Morgan fingerprint density at radius 3 is 2.38 bits per heavy atom. The van der Waals surface area contributed by atoms with Gasteiger partial charge in [-0.15, -0.1) is 0 Å². The van der Waals surface area contributed by atoms with Crippen LogP contribution < -0.4 is 5.32 Å². The maximum absolute atomic E-state index is 12.0. The summed E-state index contributed by atoms with van der Waals surface area (Å²) in [5.74, 6) is -0.795. The lowest BCUT2D eigenvalue weighted by atomic mass is 10.0. The molecule has 0 spiro atoms. The van der Waals surface area contributed by atoms with Crippen LogP contribution in [0.3, 0.4) is 0 Å². The van der Waals surface area contributed by atoms with Gasteiger partial charge in [-0.25, -0.2) is 4.79 Å². The number of hydrogen-bond donors (Lipinski definition) is 1. The van der Waals surface area contributed by atoms with E-state index in [-0.39, 0.29) is 5.69 Å². The van der Waals surface area contributed by atoms with Crippen LogP contribution >= 0.6 is 15.9 Å². The minimum Gasteiger partial charge on any atom is -0.452 e. The summed E-state index contributed by atoms with van der Waals surface area (Å²) in [6.07, 6.45) is 0. The highest BCUT2D eigenvalue weighted by Crippen LogP contribution is 2.27. The molecule has 2 aromatic rings. The number of amides is 1. The Bertz CT molecular complexity index is 834. The van der Waals surface area contributed by atoms with Crippen LogP contribution in [0.5, 0.6) is 0 Å². The van der Waals surface area contributed by atoms with Crippen molar-refractivity contribution in [1.82, 2.24) is 0 Å². The molecule has 0 unspecified atom stereocenters. The van der Waals surface area contributed by atoms with Gasteiger partial charge < -0.3 is 10.1 Å². The van der Waals surface area contributed by atoms with Gasteiger partial charge in [0.1, 0.15) is 0 Å². The van der Waals surface area contributed by atoms with Gasteiger partial charge in [0.25, 0.3) is 11.6 Å². The summed E-state index contributed by atoms with van der Waals surface area (Å²) in [5, 5.41) is 13.2. The molecule has 0 aliphatic heterocycles. The molecule has 0 aliphatic rings. The summed E-state index contributed by atoms with van der Waals surface area (Å²) < 4.78 is 5.35. The van der Waals surface area contributed by atoms with Crippen molar-refractivity contribution in [2.75, 3.05) is 11.9 Å². The number of nitro groups is 1. The SMILES string of the molecule is CC(C)c1ccc(C(=O)OCC(=O)Nc2ccc([N+](=O)[O-])cc2Br)cc1. The Morgan fingerprint density at radius 2 is 1.85 bits per heavy atom. The van der Waals surface area contributed by atoms with Crippen molar-refractivity contribution in [3.8, 4) is 0 Å². The zero-order valence-electron chi connectivity index (χ0n) is 14.2. The highest BCUT2D eigenvalue weighted by molar-refractivity contribution is 9.10. The van der Waals surface area contributed by atoms with E-state index in [1.807, 2.05) is 26.0 Å². The fourth-order valence-electron chi connectivity index (χ4n) is 2.12. The maximum Gasteiger partial charge on any atom is 0.338 e. The number of rotatable bonds is 6. The fraction of sp³-hybridized carbons (Fsp3) is 0.222. The van der Waals surface area contributed by atoms with Crippen LogP contribution in [0.1, 0.15) is 35.7 Å². The third kappa shape index (κ3) is 5.13. The number of esters is 1. The molecule has 8 heteroatoms. The normalized spacial score (nSPS) is 10.5. The molecule has 0 fully saturated rings. The molecular weight excluding hydrogens is 404 g/mol. The van der Waals surface area contributed by atoms with Gasteiger partial charge in [-0.3, -0.25) is 14.9 Å². The molecule has 7 nitrogen and oxygen atoms in total. The van der Waals surface area contributed by atoms with Gasteiger partial charge in [0, 0.05) is 16.6 Å². The van der Waals surface area contributed by atoms with Crippen LogP contribution in [0.15, 0.2) is 46.9 Å². The predicted molar refractivity (Wildman–Crippen MR) is 100 cm³/mol. The smallest absolute Gasteiger partial charge is 0.338 e. The zero-order chi connectivity index (χ0) is 19.3. The maximum atomic E-state index is 12.0. The van der Waals surface area contributed by atoms with E-state index in [4.69, 9.17) is 4.74 Å². The first-order valence-corrected chi connectivity index (χ1v) is 8.58. The second-order valence-electron chi connectivity index (χ2n) is 5.82. The molecule has 26 heavy (non-hydrogen) atoms. The van der Waals surface area contributed by atoms with Gasteiger partial charge in [0.05, 0.1) is 16.2 Å². The third-order valence-corrected chi connectivity index (χ3v) is 4.24. The molecule has 0 bridgehead atoms. The number of carbonyl (C=O) groups is 2. The number of anilines is 1. The number of ether oxygens (including phenoxy) is 1. The Labute approximate surface area is 158 Å².